The lowest BCUT2D eigenvalue weighted by Crippen LogP contribution is -2.40. The summed E-state index contributed by atoms with van der Waals surface area (Å²) in [4.78, 5) is 12.4. The molecule has 2 aromatic rings. The van der Waals surface area contributed by atoms with E-state index in [4.69, 9.17) is 14.0 Å². The van der Waals surface area contributed by atoms with Gasteiger partial charge >= 0.3 is 0 Å². The Morgan fingerprint density at radius 1 is 1.30 bits per heavy atom. The Morgan fingerprint density at radius 3 is 2.67 bits per heavy atom. The molecule has 0 unspecified atom stereocenters. The summed E-state index contributed by atoms with van der Waals surface area (Å²) in [7, 11) is -2.35. The number of thioether (sulfide) groups is 1. The molecule has 1 amide bonds. The van der Waals surface area contributed by atoms with E-state index in [1.807, 2.05) is 13.8 Å². The minimum Gasteiger partial charge on any atom is -0.495 e. The maximum Gasteiger partial charge on any atom is 0.246 e. The zero-order chi connectivity index (χ0) is 21.7. The second kappa shape index (κ2) is 9.82. The van der Waals surface area contributed by atoms with Gasteiger partial charge in [0, 0.05) is 30.1 Å². The standard InChI is InChI=1S/C19H25N3O6S2/c1-13-16(14(2)28-21-13)11-29-12-19(23)20-15-4-5-17(26-3)18(10-15)30(24,25)22-6-8-27-9-7-22/h4-5,10H,6-9,11-12H2,1-3H3,(H,20,23). The quantitative estimate of drug-likeness (QED) is 0.645. The number of ether oxygens (including phenoxy) is 2. The van der Waals surface area contributed by atoms with Crippen LogP contribution in [-0.4, -0.2) is 63.0 Å². The molecule has 1 aromatic carbocycles. The lowest BCUT2D eigenvalue weighted by molar-refractivity contribution is -0.113. The predicted octanol–water partition coefficient (Wildman–Crippen LogP) is 2.19. The highest BCUT2D eigenvalue weighted by atomic mass is 32.2. The number of hydrogen-bond acceptors (Lipinski definition) is 8. The van der Waals surface area contributed by atoms with Gasteiger partial charge in [0.15, 0.2) is 0 Å². The molecule has 1 N–H and O–H groups in total. The number of aryl methyl sites for hydroxylation is 2. The maximum absolute atomic E-state index is 13.0. The molecule has 164 valence electrons. The number of hydrogen-bond donors (Lipinski definition) is 1. The van der Waals surface area contributed by atoms with Crippen molar-refractivity contribution in [3.8, 4) is 5.75 Å². The summed E-state index contributed by atoms with van der Waals surface area (Å²) in [5.74, 6) is 1.56. The van der Waals surface area contributed by atoms with Crippen LogP contribution in [0.4, 0.5) is 5.69 Å². The molecule has 1 aromatic heterocycles. The van der Waals surface area contributed by atoms with Crippen molar-refractivity contribution in [1.82, 2.24) is 9.46 Å². The number of anilines is 1. The Bertz CT molecular complexity index is 980. The van der Waals surface area contributed by atoms with Crippen LogP contribution >= 0.6 is 11.8 Å². The highest BCUT2D eigenvalue weighted by molar-refractivity contribution is 7.99. The predicted molar refractivity (Wildman–Crippen MR) is 113 cm³/mol. The van der Waals surface area contributed by atoms with E-state index in [9.17, 15) is 13.2 Å². The summed E-state index contributed by atoms with van der Waals surface area (Å²) in [6.07, 6.45) is 0. The van der Waals surface area contributed by atoms with Crippen molar-refractivity contribution < 1.29 is 27.2 Å². The molecule has 9 nitrogen and oxygen atoms in total. The number of aromatic nitrogens is 1. The van der Waals surface area contributed by atoms with Gasteiger partial charge in [0.25, 0.3) is 0 Å². The summed E-state index contributed by atoms with van der Waals surface area (Å²) in [6, 6.07) is 4.59. The number of sulfonamides is 1. The van der Waals surface area contributed by atoms with Crippen molar-refractivity contribution >= 4 is 33.4 Å². The molecule has 3 rings (SSSR count). The summed E-state index contributed by atoms with van der Waals surface area (Å²) in [6.45, 7) is 4.95. The fraction of sp³-hybridized carbons (Fsp3) is 0.474. The van der Waals surface area contributed by atoms with Gasteiger partial charge in [-0.2, -0.15) is 4.31 Å². The van der Waals surface area contributed by atoms with E-state index in [1.165, 1.54) is 29.2 Å². The van der Waals surface area contributed by atoms with E-state index in [-0.39, 0.29) is 35.4 Å². The smallest absolute Gasteiger partial charge is 0.246 e. The molecule has 0 atom stereocenters. The molecule has 0 radical (unpaired) electrons. The van der Waals surface area contributed by atoms with E-state index in [0.717, 1.165) is 17.0 Å². The van der Waals surface area contributed by atoms with E-state index in [1.54, 1.807) is 12.1 Å². The molecule has 2 heterocycles. The van der Waals surface area contributed by atoms with Crippen molar-refractivity contribution in [2.75, 3.05) is 44.5 Å². The first-order valence-corrected chi connectivity index (χ1v) is 12.0. The monoisotopic (exact) mass is 455 g/mol. The number of methoxy groups -OCH3 is 1. The van der Waals surface area contributed by atoms with Gasteiger partial charge in [-0.05, 0) is 32.0 Å². The lowest BCUT2D eigenvalue weighted by Gasteiger charge is -2.26. The van der Waals surface area contributed by atoms with Crippen molar-refractivity contribution in [3.63, 3.8) is 0 Å². The summed E-state index contributed by atoms with van der Waals surface area (Å²) in [5.41, 5.74) is 2.19. The molecule has 0 saturated carbocycles. The van der Waals surface area contributed by atoms with Gasteiger partial charge < -0.3 is 19.3 Å². The van der Waals surface area contributed by atoms with E-state index in [0.29, 0.717) is 24.7 Å². The molecule has 0 aliphatic carbocycles. The molecule has 1 saturated heterocycles. The Balaban J connectivity index is 1.67. The normalized spacial score (nSPS) is 15.2. The van der Waals surface area contributed by atoms with Crippen LogP contribution in [0.1, 0.15) is 17.0 Å². The van der Waals surface area contributed by atoms with Crippen LogP contribution in [0, 0.1) is 13.8 Å². The summed E-state index contributed by atoms with van der Waals surface area (Å²) in [5, 5.41) is 6.66. The molecular formula is C19H25N3O6S2. The number of nitrogens with one attached hydrogen (secondary N) is 1. The van der Waals surface area contributed by atoms with E-state index in [2.05, 4.69) is 10.5 Å². The average Bonchev–Trinajstić information content (AvgIpc) is 3.06. The third-order valence-electron chi connectivity index (χ3n) is 4.70. The van der Waals surface area contributed by atoms with Gasteiger partial charge in [-0.15, -0.1) is 11.8 Å². The fourth-order valence-corrected chi connectivity index (χ4v) is 5.60. The molecule has 1 fully saturated rings. The number of carbonyl (C=O) groups is 1. The van der Waals surface area contributed by atoms with Crippen molar-refractivity contribution in [2.24, 2.45) is 0 Å². The first kappa shape index (κ1) is 22.6. The molecule has 1 aliphatic heterocycles. The van der Waals surface area contributed by atoms with Crippen LogP contribution in [-0.2, 0) is 25.3 Å². The lowest BCUT2D eigenvalue weighted by atomic mass is 10.2. The number of rotatable bonds is 8. The molecule has 11 heteroatoms. The highest BCUT2D eigenvalue weighted by Gasteiger charge is 2.29. The van der Waals surface area contributed by atoms with Crippen LogP contribution in [0.25, 0.3) is 0 Å². The second-order valence-electron chi connectivity index (χ2n) is 6.73. The van der Waals surface area contributed by atoms with Crippen molar-refractivity contribution in [1.29, 1.82) is 0 Å². The van der Waals surface area contributed by atoms with Crippen LogP contribution < -0.4 is 10.1 Å². The first-order valence-electron chi connectivity index (χ1n) is 9.38. The summed E-state index contributed by atoms with van der Waals surface area (Å²) >= 11 is 1.43. The Morgan fingerprint density at radius 2 is 2.03 bits per heavy atom. The average molecular weight is 456 g/mol. The molecule has 0 spiro atoms. The molecule has 1 aliphatic rings. The number of amides is 1. The SMILES string of the molecule is COc1ccc(NC(=O)CSCc2c(C)noc2C)cc1S(=O)(=O)N1CCOCC1. The van der Waals surface area contributed by atoms with Gasteiger partial charge in [-0.3, -0.25) is 4.79 Å². The van der Waals surface area contributed by atoms with E-state index < -0.39 is 10.0 Å². The zero-order valence-electron chi connectivity index (χ0n) is 17.1. The largest absolute Gasteiger partial charge is 0.495 e. The third-order valence-corrected chi connectivity index (χ3v) is 7.57. The van der Waals surface area contributed by atoms with Crippen LogP contribution in [0.15, 0.2) is 27.6 Å². The summed E-state index contributed by atoms with van der Waals surface area (Å²) < 4.78 is 43.0. The topological polar surface area (TPSA) is 111 Å². The van der Waals surface area contributed by atoms with Gasteiger partial charge in [0.1, 0.15) is 16.4 Å². The Kier molecular flexibility index (Phi) is 7.40. The van der Waals surface area contributed by atoms with Crippen LogP contribution in [0.2, 0.25) is 0 Å². The van der Waals surface area contributed by atoms with Gasteiger partial charge in [-0.25, -0.2) is 8.42 Å². The molecular weight excluding hydrogens is 430 g/mol. The number of carbonyl (C=O) groups excluding carboxylic acids is 1. The van der Waals surface area contributed by atoms with Crippen molar-refractivity contribution in [2.45, 2.75) is 24.5 Å². The van der Waals surface area contributed by atoms with Gasteiger partial charge in [0.2, 0.25) is 15.9 Å². The van der Waals surface area contributed by atoms with Crippen molar-refractivity contribution in [3.05, 3.63) is 35.2 Å². The third kappa shape index (κ3) is 5.15. The van der Waals surface area contributed by atoms with Gasteiger partial charge in [-0.1, -0.05) is 5.16 Å². The van der Waals surface area contributed by atoms with Crippen LogP contribution in [0.5, 0.6) is 5.75 Å². The van der Waals surface area contributed by atoms with E-state index >= 15 is 0 Å². The second-order valence-corrected chi connectivity index (χ2v) is 9.62. The molecule has 30 heavy (non-hydrogen) atoms. The first-order chi connectivity index (χ1) is 14.3. The fourth-order valence-electron chi connectivity index (χ4n) is 3.03. The Labute approximate surface area is 180 Å². The number of morpholine rings is 1. The van der Waals surface area contributed by atoms with Crippen LogP contribution in [0.3, 0.4) is 0 Å². The molecule has 0 bridgehead atoms. The minimum absolute atomic E-state index is 0.0214. The minimum atomic E-state index is -3.76. The zero-order valence-corrected chi connectivity index (χ0v) is 18.8. The maximum atomic E-state index is 13.0. The highest BCUT2D eigenvalue weighted by Crippen LogP contribution is 2.30. The Hall–Kier alpha value is -2.08. The van der Waals surface area contributed by atoms with Gasteiger partial charge in [0.05, 0.1) is 31.8 Å². The number of nitrogens with zero attached hydrogens (tertiary/aromatic N) is 2. The number of benzene rings is 1.